The molecule has 1 fully saturated rings. The smallest absolute Gasteiger partial charge is 0.243 e. The molecule has 1 aromatic carbocycles. The number of aryl methyl sites for hydroxylation is 1. The van der Waals surface area contributed by atoms with Crippen molar-refractivity contribution in [2.24, 2.45) is 5.92 Å². The van der Waals surface area contributed by atoms with Gasteiger partial charge in [0.2, 0.25) is 15.9 Å². The van der Waals surface area contributed by atoms with Crippen LogP contribution in [0.25, 0.3) is 0 Å². The van der Waals surface area contributed by atoms with Crippen molar-refractivity contribution in [3.8, 4) is 5.88 Å². The minimum Gasteiger partial charge on any atom is -0.477 e. The van der Waals surface area contributed by atoms with Gasteiger partial charge >= 0.3 is 0 Å². The molecule has 1 saturated heterocycles. The van der Waals surface area contributed by atoms with Crippen molar-refractivity contribution in [3.63, 3.8) is 0 Å². The minimum absolute atomic E-state index is 0.180. The van der Waals surface area contributed by atoms with Crippen molar-refractivity contribution in [1.29, 1.82) is 0 Å². The van der Waals surface area contributed by atoms with Gasteiger partial charge in [-0.15, -0.1) is 0 Å². The predicted octanol–water partition coefficient (Wildman–Crippen LogP) is 2.87. The normalized spacial score (nSPS) is 19.1. The Morgan fingerprint density at radius 1 is 1.17 bits per heavy atom. The Bertz CT molecular complexity index is 778. The van der Waals surface area contributed by atoms with Gasteiger partial charge in [0.05, 0.1) is 11.5 Å². The average Bonchev–Trinajstić information content (AvgIpc) is 2.61. The molecular weight excluding hydrogens is 324 g/mol. The van der Waals surface area contributed by atoms with Crippen molar-refractivity contribution in [1.82, 2.24) is 9.29 Å². The van der Waals surface area contributed by atoms with E-state index in [2.05, 4.69) is 4.98 Å². The topological polar surface area (TPSA) is 59.5 Å². The second kappa shape index (κ2) is 7.32. The van der Waals surface area contributed by atoms with Crippen LogP contribution in [0.1, 0.15) is 18.5 Å². The molecule has 1 atom stereocenters. The Morgan fingerprint density at radius 2 is 1.96 bits per heavy atom. The van der Waals surface area contributed by atoms with E-state index in [0.29, 0.717) is 30.5 Å². The van der Waals surface area contributed by atoms with E-state index in [4.69, 9.17) is 4.74 Å². The maximum atomic E-state index is 12.7. The van der Waals surface area contributed by atoms with Crippen LogP contribution in [0, 0.1) is 12.8 Å². The first-order valence-electron chi connectivity index (χ1n) is 8.17. The van der Waals surface area contributed by atoms with Crippen LogP contribution < -0.4 is 4.74 Å². The van der Waals surface area contributed by atoms with Gasteiger partial charge in [0.25, 0.3) is 0 Å². The number of piperidine rings is 1. The summed E-state index contributed by atoms with van der Waals surface area (Å²) in [5.74, 6) is 0.776. The second-order valence-electron chi connectivity index (χ2n) is 6.11. The van der Waals surface area contributed by atoms with Gasteiger partial charge in [-0.1, -0.05) is 24.3 Å². The van der Waals surface area contributed by atoms with Gasteiger partial charge in [-0.2, -0.15) is 4.31 Å². The molecule has 0 amide bonds. The van der Waals surface area contributed by atoms with E-state index in [1.165, 1.54) is 0 Å². The van der Waals surface area contributed by atoms with Crippen LogP contribution in [0.15, 0.2) is 53.4 Å². The zero-order valence-corrected chi connectivity index (χ0v) is 14.6. The molecule has 0 spiro atoms. The molecular formula is C18H22N2O3S. The number of benzene rings is 1. The molecule has 0 bridgehead atoms. The zero-order chi connectivity index (χ0) is 17.0. The van der Waals surface area contributed by atoms with Crippen LogP contribution in [0.5, 0.6) is 5.88 Å². The first-order chi connectivity index (χ1) is 11.6. The van der Waals surface area contributed by atoms with Crippen LogP contribution in [-0.2, 0) is 10.0 Å². The molecule has 0 radical (unpaired) electrons. The maximum absolute atomic E-state index is 12.7. The summed E-state index contributed by atoms with van der Waals surface area (Å²) in [6.45, 7) is 3.46. The summed E-state index contributed by atoms with van der Waals surface area (Å²) in [5.41, 5.74) is 0.907. The Morgan fingerprint density at radius 3 is 2.71 bits per heavy atom. The molecule has 2 heterocycles. The van der Waals surface area contributed by atoms with E-state index in [1.807, 2.05) is 31.2 Å². The Labute approximate surface area is 143 Å². The molecule has 128 valence electrons. The predicted molar refractivity (Wildman–Crippen MR) is 92.4 cm³/mol. The SMILES string of the molecule is Cc1cccc(OCC2CCCN(S(=O)(=O)c3ccccc3)C2)n1. The first-order valence-corrected chi connectivity index (χ1v) is 9.61. The van der Waals surface area contributed by atoms with Gasteiger partial charge in [-0.3, -0.25) is 0 Å². The van der Waals surface area contributed by atoms with Gasteiger partial charge in [0.1, 0.15) is 0 Å². The van der Waals surface area contributed by atoms with Crippen LogP contribution >= 0.6 is 0 Å². The molecule has 0 saturated carbocycles. The summed E-state index contributed by atoms with van der Waals surface area (Å²) in [5, 5.41) is 0. The second-order valence-corrected chi connectivity index (χ2v) is 8.05. The van der Waals surface area contributed by atoms with Crippen molar-refractivity contribution < 1.29 is 13.2 Å². The fourth-order valence-corrected chi connectivity index (χ4v) is 4.50. The average molecular weight is 346 g/mol. The zero-order valence-electron chi connectivity index (χ0n) is 13.8. The first kappa shape index (κ1) is 16.9. The molecule has 0 N–H and O–H groups in total. The van der Waals surface area contributed by atoms with E-state index in [9.17, 15) is 8.42 Å². The molecule has 3 rings (SSSR count). The van der Waals surface area contributed by atoms with Crippen LogP contribution in [0.4, 0.5) is 0 Å². The van der Waals surface area contributed by atoms with E-state index in [1.54, 1.807) is 28.6 Å². The largest absolute Gasteiger partial charge is 0.477 e. The van der Waals surface area contributed by atoms with E-state index < -0.39 is 10.0 Å². The Hall–Kier alpha value is -1.92. The third kappa shape index (κ3) is 3.94. The molecule has 6 heteroatoms. The summed E-state index contributed by atoms with van der Waals surface area (Å²) in [6.07, 6.45) is 1.81. The van der Waals surface area contributed by atoms with Crippen molar-refractivity contribution in [2.45, 2.75) is 24.7 Å². The van der Waals surface area contributed by atoms with Crippen LogP contribution in [0.3, 0.4) is 0 Å². The molecule has 0 aliphatic carbocycles. The highest BCUT2D eigenvalue weighted by Crippen LogP contribution is 2.24. The highest BCUT2D eigenvalue weighted by atomic mass is 32.2. The number of pyridine rings is 1. The number of hydrogen-bond acceptors (Lipinski definition) is 4. The standard InChI is InChI=1S/C18H22N2O3S/c1-15-7-5-11-18(19-15)23-14-16-8-6-12-20(13-16)24(21,22)17-9-3-2-4-10-17/h2-5,7,9-11,16H,6,8,12-14H2,1H3. The van der Waals surface area contributed by atoms with E-state index in [-0.39, 0.29) is 5.92 Å². The molecule has 1 unspecified atom stereocenters. The lowest BCUT2D eigenvalue weighted by molar-refractivity contribution is 0.176. The van der Waals surface area contributed by atoms with E-state index in [0.717, 1.165) is 18.5 Å². The highest BCUT2D eigenvalue weighted by molar-refractivity contribution is 7.89. The summed E-state index contributed by atoms with van der Waals surface area (Å²) in [4.78, 5) is 4.67. The molecule has 5 nitrogen and oxygen atoms in total. The molecule has 1 aromatic heterocycles. The van der Waals surface area contributed by atoms with Crippen molar-refractivity contribution >= 4 is 10.0 Å². The highest BCUT2D eigenvalue weighted by Gasteiger charge is 2.30. The quantitative estimate of drug-likeness (QED) is 0.835. The number of rotatable bonds is 5. The minimum atomic E-state index is -3.42. The van der Waals surface area contributed by atoms with Gasteiger partial charge in [0, 0.05) is 30.8 Å². The molecule has 1 aliphatic rings. The summed E-state index contributed by atoms with van der Waals surface area (Å²) < 4.78 is 32.8. The molecule has 1 aliphatic heterocycles. The number of ether oxygens (including phenoxy) is 1. The van der Waals surface area contributed by atoms with Crippen LogP contribution in [-0.4, -0.2) is 37.4 Å². The number of sulfonamides is 1. The Kier molecular flexibility index (Phi) is 5.16. The molecule has 24 heavy (non-hydrogen) atoms. The lowest BCUT2D eigenvalue weighted by Crippen LogP contribution is -2.41. The lowest BCUT2D eigenvalue weighted by atomic mass is 10.0. The van der Waals surface area contributed by atoms with Gasteiger partial charge in [-0.05, 0) is 38.0 Å². The van der Waals surface area contributed by atoms with E-state index >= 15 is 0 Å². The third-order valence-corrected chi connectivity index (χ3v) is 6.07. The molecule has 2 aromatic rings. The van der Waals surface area contributed by atoms with Crippen molar-refractivity contribution in [2.75, 3.05) is 19.7 Å². The van der Waals surface area contributed by atoms with Crippen molar-refractivity contribution in [3.05, 3.63) is 54.2 Å². The van der Waals surface area contributed by atoms with Crippen LogP contribution in [0.2, 0.25) is 0 Å². The monoisotopic (exact) mass is 346 g/mol. The number of aromatic nitrogens is 1. The number of hydrogen-bond donors (Lipinski definition) is 0. The number of nitrogens with zero attached hydrogens (tertiary/aromatic N) is 2. The summed E-state index contributed by atoms with van der Waals surface area (Å²) in [6, 6.07) is 14.3. The van der Waals surface area contributed by atoms with Gasteiger partial charge in [0.15, 0.2) is 0 Å². The maximum Gasteiger partial charge on any atom is 0.243 e. The fraction of sp³-hybridized carbons (Fsp3) is 0.389. The third-order valence-electron chi connectivity index (χ3n) is 4.19. The summed E-state index contributed by atoms with van der Waals surface area (Å²) >= 11 is 0. The van der Waals surface area contributed by atoms with Gasteiger partial charge in [-0.25, -0.2) is 13.4 Å². The fourth-order valence-electron chi connectivity index (χ4n) is 2.92. The Balaban J connectivity index is 1.64. The van der Waals surface area contributed by atoms with Gasteiger partial charge < -0.3 is 4.74 Å². The lowest BCUT2D eigenvalue weighted by Gasteiger charge is -2.31. The summed E-state index contributed by atoms with van der Waals surface area (Å²) in [7, 11) is -3.42.